The molecule has 1 heterocycles. The van der Waals surface area contributed by atoms with Crippen LogP contribution in [0.1, 0.15) is 23.2 Å². The molecule has 142 valence electrons. The quantitative estimate of drug-likeness (QED) is 0.456. The van der Waals surface area contributed by atoms with Crippen LogP contribution in [0.2, 0.25) is 0 Å². The SMILES string of the molecule is O=C(Oc1cccc2cccc(OC(=O)C3CCSCC3)c12)c1ccccc1. The van der Waals surface area contributed by atoms with Crippen LogP contribution in [0.4, 0.5) is 0 Å². The molecule has 5 heteroatoms. The summed E-state index contributed by atoms with van der Waals surface area (Å²) in [7, 11) is 0. The molecule has 4 rings (SSSR count). The number of fused-ring (bicyclic) bond motifs is 1. The van der Waals surface area contributed by atoms with Crippen molar-refractivity contribution in [2.45, 2.75) is 12.8 Å². The fourth-order valence-electron chi connectivity index (χ4n) is 3.30. The predicted octanol–water partition coefficient (Wildman–Crippen LogP) is 5.11. The number of hydrogen-bond donors (Lipinski definition) is 0. The van der Waals surface area contributed by atoms with E-state index in [4.69, 9.17) is 9.47 Å². The molecule has 0 atom stereocenters. The molecule has 0 amide bonds. The van der Waals surface area contributed by atoms with Crippen molar-refractivity contribution in [3.8, 4) is 11.5 Å². The van der Waals surface area contributed by atoms with Gasteiger partial charge in [-0.25, -0.2) is 4.79 Å². The first-order valence-corrected chi connectivity index (χ1v) is 10.5. The van der Waals surface area contributed by atoms with Gasteiger partial charge in [0, 0.05) is 0 Å². The molecular formula is C23H20O4S. The number of carbonyl (C=O) groups is 2. The first-order chi connectivity index (χ1) is 13.7. The van der Waals surface area contributed by atoms with E-state index in [-0.39, 0.29) is 11.9 Å². The zero-order chi connectivity index (χ0) is 19.3. The van der Waals surface area contributed by atoms with Crippen molar-refractivity contribution in [1.82, 2.24) is 0 Å². The topological polar surface area (TPSA) is 52.6 Å². The molecule has 0 aromatic heterocycles. The minimum absolute atomic E-state index is 0.0736. The van der Waals surface area contributed by atoms with Crippen LogP contribution in [0.3, 0.4) is 0 Å². The van der Waals surface area contributed by atoms with Gasteiger partial charge in [-0.1, -0.05) is 42.5 Å². The van der Waals surface area contributed by atoms with Crippen molar-refractivity contribution in [2.75, 3.05) is 11.5 Å². The summed E-state index contributed by atoms with van der Waals surface area (Å²) in [5.41, 5.74) is 0.466. The molecular weight excluding hydrogens is 372 g/mol. The van der Waals surface area contributed by atoms with Crippen LogP contribution in [0, 0.1) is 5.92 Å². The van der Waals surface area contributed by atoms with Gasteiger partial charge in [0.05, 0.1) is 16.9 Å². The number of esters is 2. The molecule has 0 saturated carbocycles. The van der Waals surface area contributed by atoms with Gasteiger partial charge < -0.3 is 9.47 Å². The molecule has 1 saturated heterocycles. The van der Waals surface area contributed by atoms with E-state index in [1.54, 1.807) is 36.4 Å². The van der Waals surface area contributed by atoms with Gasteiger partial charge in [0.2, 0.25) is 0 Å². The Kier molecular flexibility index (Phi) is 5.63. The van der Waals surface area contributed by atoms with Gasteiger partial charge >= 0.3 is 11.9 Å². The molecule has 1 aliphatic heterocycles. The van der Waals surface area contributed by atoms with E-state index < -0.39 is 5.97 Å². The van der Waals surface area contributed by atoms with Gasteiger partial charge in [-0.05, 0) is 54.0 Å². The second-order valence-electron chi connectivity index (χ2n) is 6.67. The molecule has 0 bridgehead atoms. The highest BCUT2D eigenvalue weighted by Crippen LogP contribution is 2.35. The zero-order valence-electron chi connectivity index (χ0n) is 15.3. The van der Waals surface area contributed by atoms with Crippen molar-refractivity contribution in [3.63, 3.8) is 0 Å². The Hall–Kier alpha value is -2.79. The Morgan fingerprint density at radius 1 is 0.786 bits per heavy atom. The predicted molar refractivity (Wildman–Crippen MR) is 111 cm³/mol. The van der Waals surface area contributed by atoms with E-state index in [0.29, 0.717) is 22.4 Å². The second kappa shape index (κ2) is 8.48. The number of carbonyl (C=O) groups excluding carboxylic acids is 2. The van der Waals surface area contributed by atoms with Crippen LogP contribution >= 0.6 is 11.8 Å². The molecule has 3 aromatic rings. The van der Waals surface area contributed by atoms with Crippen molar-refractivity contribution >= 4 is 34.5 Å². The van der Waals surface area contributed by atoms with E-state index >= 15 is 0 Å². The normalized spacial score (nSPS) is 14.6. The van der Waals surface area contributed by atoms with Gasteiger partial charge in [-0.3, -0.25) is 4.79 Å². The van der Waals surface area contributed by atoms with Crippen molar-refractivity contribution in [3.05, 3.63) is 72.3 Å². The highest BCUT2D eigenvalue weighted by Gasteiger charge is 2.24. The monoisotopic (exact) mass is 392 g/mol. The number of ether oxygens (including phenoxy) is 2. The molecule has 0 N–H and O–H groups in total. The lowest BCUT2D eigenvalue weighted by atomic mass is 10.0. The van der Waals surface area contributed by atoms with E-state index in [9.17, 15) is 9.59 Å². The summed E-state index contributed by atoms with van der Waals surface area (Å²) in [6.45, 7) is 0. The van der Waals surface area contributed by atoms with Crippen LogP contribution < -0.4 is 9.47 Å². The summed E-state index contributed by atoms with van der Waals surface area (Å²) >= 11 is 1.87. The summed E-state index contributed by atoms with van der Waals surface area (Å²) < 4.78 is 11.4. The first-order valence-electron chi connectivity index (χ1n) is 9.31. The Balaban J connectivity index is 1.64. The van der Waals surface area contributed by atoms with Crippen LogP contribution in [0.5, 0.6) is 11.5 Å². The van der Waals surface area contributed by atoms with E-state index in [1.807, 2.05) is 42.1 Å². The second-order valence-corrected chi connectivity index (χ2v) is 7.90. The van der Waals surface area contributed by atoms with Crippen LogP contribution in [-0.4, -0.2) is 23.4 Å². The lowest BCUT2D eigenvalue weighted by molar-refractivity contribution is -0.139. The van der Waals surface area contributed by atoms with Crippen molar-refractivity contribution < 1.29 is 19.1 Å². The Labute approximate surface area is 167 Å². The summed E-state index contributed by atoms with van der Waals surface area (Å²) in [4.78, 5) is 25.1. The van der Waals surface area contributed by atoms with Crippen LogP contribution in [-0.2, 0) is 4.79 Å². The van der Waals surface area contributed by atoms with E-state index in [1.165, 1.54) is 0 Å². The molecule has 28 heavy (non-hydrogen) atoms. The number of rotatable bonds is 4. The summed E-state index contributed by atoms with van der Waals surface area (Å²) in [6, 6.07) is 19.8. The van der Waals surface area contributed by atoms with E-state index in [0.717, 1.165) is 29.7 Å². The number of benzene rings is 3. The van der Waals surface area contributed by atoms with Gasteiger partial charge in [-0.15, -0.1) is 0 Å². The van der Waals surface area contributed by atoms with Crippen LogP contribution in [0.15, 0.2) is 66.7 Å². The summed E-state index contributed by atoms with van der Waals surface area (Å²) in [5, 5.41) is 1.48. The highest BCUT2D eigenvalue weighted by atomic mass is 32.2. The average molecular weight is 392 g/mol. The molecule has 1 fully saturated rings. The summed E-state index contributed by atoms with van der Waals surface area (Å²) in [5.74, 6) is 2.04. The smallest absolute Gasteiger partial charge is 0.343 e. The molecule has 0 spiro atoms. The highest BCUT2D eigenvalue weighted by molar-refractivity contribution is 7.99. The summed E-state index contributed by atoms with van der Waals surface area (Å²) in [6.07, 6.45) is 1.67. The molecule has 3 aromatic carbocycles. The maximum Gasteiger partial charge on any atom is 0.343 e. The number of hydrogen-bond acceptors (Lipinski definition) is 5. The van der Waals surface area contributed by atoms with Gasteiger partial charge in [-0.2, -0.15) is 11.8 Å². The lowest BCUT2D eigenvalue weighted by Gasteiger charge is -2.20. The molecule has 0 radical (unpaired) electrons. The number of thioether (sulfide) groups is 1. The minimum atomic E-state index is -0.446. The Morgan fingerprint density at radius 2 is 1.43 bits per heavy atom. The fraction of sp³-hybridized carbons (Fsp3) is 0.217. The average Bonchev–Trinajstić information content (AvgIpc) is 2.75. The zero-order valence-corrected chi connectivity index (χ0v) is 16.1. The Morgan fingerprint density at radius 3 is 2.11 bits per heavy atom. The van der Waals surface area contributed by atoms with Gasteiger partial charge in [0.25, 0.3) is 0 Å². The van der Waals surface area contributed by atoms with Crippen molar-refractivity contribution in [2.24, 2.45) is 5.92 Å². The minimum Gasteiger partial charge on any atom is -0.426 e. The molecule has 0 unspecified atom stereocenters. The Bertz CT molecular complexity index is 989. The third-order valence-corrected chi connectivity index (χ3v) is 5.85. The lowest BCUT2D eigenvalue weighted by Crippen LogP contribution is -2.24. The maximum atomic E-state index is 12.6. The molecule has 4 nitrogen and oxygen atoms in total. The molecule has 1 aliphatic rings. The maximum absolute atomic E-state index is 12.6. The largest absolute Gasteiger partial charge is 0.426 e. The van der Waals surface area contributed by atoms with Gasteiger partial charge in [0.15, 0.2) is 0 Å². The van der Waals surface area contributed by atoms with Gasteiger partial charge in [0.1, 0.15) is 11.5 Å². The van der Waals surface area contributed by atoms with Crippen molar-refractivity contribution in [1.29, 1.82) is 0 Å². The van der Waals surface area contributed by atoms with E-state index in [2.05, 4.69) is 0 Å². The fourth-order valence-corrected chi connectivity index (χ4v) is 4.41. The standard InChI is InChI=1S/C23H20O4S/c24-22(17-6-2-1-3-7-17)26-19-10-4-8-16-9-5-11-20(21(16)19)27-23(25)18-12-14-28-15-13-18/h1-11,18H,12-15H2. The van der Waals surface area contributed by atoms with Crippen LogP contribution in [0.25, 0.3) is 10.8 Å². The first kappa shape index (κ1) is 18.6. The third kappa shape index (κ3) is 4.04. The molecule has 0 aliphatic carbocycles. The third-order valence-electron chi connectivity index (χ3n) is 4.81.